The third kappa shape index (κ3) is 3.33. The van der Waals surface area contributed by atoms with E-state index in [2.05, 4.69) is 4.98 Å². The van der Waals surface area contributed by atoms with Crippen molar-refractivity contribution in [2.24, 2.45) is 0 Å². The van der Waals surface area contributed by atoms with Crippen LogP contribution in [-0.2, 0) is 15.7 Å². The summed E-state index contributed by atoms with van der Waals surface area (Å²) >= 11 is 0. The van der Waals surface area contributed by atoms with Crippen LogP contribution in [0.4, 0.5) is 13.2 Å². The number of methoxy groups -OCH3 is 1. The van der Waals surface area contributed by atoms with Gasteiger partial charge in [0.05, 0.1) is 23.7 Å². The Morgan fingerprint density at radius 3 is 2.43 bits per heavy atom. The molecular weight excluding hydrogens is 309 g/mol. The van der Waals surface area contributed by atoms with E-state index in [1.165, 1.54) is 13.2 Å². The predicted molar refractivity (Wildman–Crippen MR) is 81.3 cm³/mol. The van der Waals surface area contributed by atoms with E-state index < -0.39 is 11.7 Å². The standard InChI is InChI=1S/C16H17F3N2O2/c1-5-14(23-15(6-2)22-4)21-10(3)20-12-9-11(16(17,18)19)7-8-13(12)21/h5-9H,1-4H3/b14-5+,15-6-. The summed E-state index contributed by atoms with van der Waals surface area (Å²) < 4.78 is 50.8. The van der Waals surface area contributed by atoms with Crippen LogP contribution in [0, 0.1) is 6.92 Å². The first-order valence-corrected chi connectivity index (χ1v) is 6.93. The topological polar surface area (TPSA) is 36.3 Å². The average molecular weight is 326 g/mol. The molecule has 1 aromatic heterocycles. The summed E-state index contributed by atoms with van der Waals surface area (Å²) in [6.45, 7) is 5.20. The minimum atomic E-state index is -4.40. The minimum absolute atomic E-state index is 0.250. The Bertz CT molecular complexity index is 773. The SMILES string of the molecule is C/C=C(/OC)O/C(=C/C)n1c(C)nc2cc(C(F)(F)F)ccc21. The van der Waals surface area contributed by atoms with E-state index in [1.807, 2.05) is 0 Å². The van der Waals surface area contributed by atoms with Crippen molar-refractivity contribution in [3.8, 4) is 0 Å². The highest BCUT2D eigenvalue weighted by Gasteiger charge is 2.31. The van der Waals surface area contributed by atoms with Crippen molar-refractivity contribution in [3.63, 3.8) is 0 Å². The van der Waals surface area contributed by atoms with Crippen molar-refractivity contribution in [2.75, 3.05) is 7.11 Å². The van der Waals surface area contributed by atoms with E-state index in [9.17, 15) is 13.2 Å². The molecule has 0 radical (unpaired) electrons. The average Bonchev–Trinajstić information content (AvgIpc) is 2.83. The number of rotatable bonds is 4. The molecule has 7 heteroatoms. The molecule has 0 bridgehead atoms. The van der Waals surface area contributed by atoms with Crippen LogP contribution in [0.3, 0.4) is 0 Å². The van der Waals surface area contributed by atoms with Gasteiger partial charge in [-0.05, 0) is 51.1 Å². The molecule has 0 spiro atoms. The second-order valence-corrected chi connectivity index (χ2v) is 4.74. The Labute approximate surface area is 131 Å². The Kier molecular flexibility index (Phi) is 4.68. The highest BCUT2D eigenvalue weighted by atomic mass is 19.4. The van der Waals surface area contributed by atoms with E-state index in [1.54, 1.807) is 37.5 Å². The molecule has 4 nitrogen and oxygen atoms in total. The van der Waals surface area contributed by atoms with Gasteiger partial charge in [-0.15, -0.1) is 0 Å². The van der Waals surface area contributed by atoms with Gasteiger partial charge in [0.2, 0.25) is 5.88 Å². The molecule has 0 aliphatic carbocycles. The van der Waals surface area contributed by atoms with Crippen LogP contribution in [0.2, 0.25) is 0 Å². The maximum Gasteiger partial charge on any atom is 0.416 e. The van der Waals surface area contributed by atoms with Gasteiger partial charge in [0.1, 0.15) is 5.82 Å². The fourth-order valence-electron chi connectivity index (χ4n) is 2.21. The van der Waals surface area contributed by atoms with Gasteiger partial charge in [0, 0.05) is 0 Å². The monoisotopic (exact) mass is 326 g/mol. The number of hydrogen-bond donors (Lipinski definition) is 0. The first-order chi connectivity index (χ1) is 10.8. The van der Waals surface area contributed by atoms with Gasteiger partial charge in [-0.25, -0.2) is 4.98 Å². The van der Waals surface area contributed by atoms with Crippen molar-refractivity contribution in [1.82, 2.24) is 9.55 Å². The van der Waals surface area contributed by atoms with E-state index in [0.717, 1.165) is 12.1 Å². The Morgan fingerprint density at radius 2 is 1.91 bits per heavy atom. The van der Waals surface area contributed by atoms with Crippen molar-refractivity contribution >= 4 is 16.9 Å². The zero-order valence-electron chi connectivity index (χ0n) is 13.2. The second-order valence-electron chi connectivity index (χ2n) is 4.74. The first-order valence-electron chi connectivity index (χ1n) is 6.93. The molecule has 0 aliphatic heterocycles. The Morgan fingerprint density at radius 1 is 1.22 bits per heavy atom. The molecule has 0 aliphatic rings. The molecule has 0 saturated heterocycles. The van der Waals surface area contributed by atoms with Crippen LogP contribution in [0.15, 0.2) is 36.3 Å². The number of alkyl halides is 3. The van der Waals surface area contributed by atoms with Crippen LogP contribution < -0.4 is 0 Å². The number of imidazole rings is 1. The predicted octanol–water partition coefficient (Wildman–Crippen LogP) is 4.71. The molecule has 0 N–H and O–H groups in total. The van der Waals surface area contributed by atoms with Gasteiger partial charge in [0.15, 0.2) is 0 Å². The lowest BCUT2D eigenvalue weighted by molar-refractivity contribution is -0.137. The van der Waals surface area contributed by atoms with Gasteiger partial charge < -0.3 is 9.47 Å². The molecule has 0 atom stereocenters. The number of allylic oxidation sites excluding steroid dienone is 2. The van der Waals surface area contributed by atoms with Gasteiger partial charge >= 0.3 is 6.18 Å². The molecule has 1 aromatic carbocycles. The number of ether oxygens (including phenoxy) is 2. The number of aryl methyl sites for hydroxylation is 1. The van der Waals surface area contributed by atoms with Gasteiger partial charge in [-0.1, -0.05) is 0 Å². The summed E-state index contributed by atoms with van der Waals surface area (Å²) in [6, 6.07) is 3.44. The zero-order valence-corrected chi connectivity index (χ0v) is 13.2. The highest BCUT2D eigenvalue weighted by Crippen LogP contribution is 2.32. The lowest BCUT2D eigenvalue weighted by Crippen LogP contribution is -2.06. The third-order valence-corrected chi connectivity index (χ3v) is 3.26. The number of aromatic nitrogens is 2. The smallest absolute Gasteiger partial charge is 0.416 e. The van der Waals surface area contributed by atoms with Crippen molar-refractivity contribution in [1.29, 1.82) is 0 Å². The fraction of sp³-hybridized carbons (Fsp3) is 0.312. The molecule has 1 heterocycles. The van der Waals surface area contributed by atoms with E-state index >= 15 is 0 Å². The summed E-state index contributed by atoms with van der Waals surface area (Å²) in [4.78, 5) is 4.20. The second kappa shape index (κ2) is 6.36. The largest absolute Gasteiger partial charge is 0.469 e. The molecule has 0 amide bonds. The highest BCUT2D eigenvalue weighted by molar-refractivity contribution is 5.80. The van der Waals surface area contributed by atoms with Crippen LogP contribution in [0.5, 0.6) is 0 Å². The number of nitrogens with zero attached hydrogens (tertiary/aromatic N) is 2. The maximum absolute atomic E-state index is 12.8. The number of benzene rings is 1. The molecule has 2 rings (SSSR count). The summed E-state index contributed by atoms with van der Waals surface area (Å²) in [5.41, 5.74) is 0.0403. The Hall–Kier alpha value is -2.44. The normalized spacial score (nSPS) is 13.5. The third-order valence-electron chi connectivity index (χ3n) is 3.26. The van der Waals surface area contributed by atoms with Gasteiger partial charge in [0.25, 0.3) is 5.95 Å². The van der Waals surface area contributed by atoms with E-state index in [4.69, 9.17) is 9.47 Å². The lowest BCUT2D eigenvalue weighted by atomic mass is 10.2. The lowest BCUT2D eigenvalue weighted by Gasteiger charge is -2.14. The van der Waals surface area contributed by atoms with Crippen LogP contribution >= 0.6 is 0 Å². The number of halogens is 3. The van der Waals surface area contributed by atoms with E-state index in [0.29, 0.717) is 17.2 Å². The summed E-state index contributed by atoms with van der Waals surface area (Å²) in [7, 11) is 1.47. The number of fused-ring (bicyclic) bond motifs is 1. The summed E-state index contributed by atoms with van der Waals surface area (Å²) in [6.07, 6.45) is -1.08. The molecule has 0 fully saturated rings. The summed E-state index contributed by atoms with van der Waals surface area (Å²) in [5, 5.41) is 0. The number of hydrogen-bond acceptors (Lipinski definition) is 3. The molecule has 2 aromatic rings. The van der Waals surface area contributed by atoms with Crippen LogP contribution in [-0.4, -0.2) is 16.7 Å². The molecule has 23 heavy (non-hydrogen) atoms. The van der Waals surface area contributed by atoms with Crippen molar-refractivity contribution in [3.05, 3.63) is 47.7 Å². The minimum Gasteiger partial charge on any atom is -0.469 e. The molecule has 0 saturated carbocycles. The molecular formula is C16H17F3N2O2. The van der Waals surface area contributed by atoms with Gasteiger partial charge in [-0.3, -0.25) is 4.57 Å². The summed E-state index contributed by atoms with van der Waals surface area (Å²) in [5.74, 6) is 1.20. The fourth-order valence-corrected chi connectivity index (χ4v) is 2.21. The first kappa shape index (κ1) is 16.9. The van der Waals surface area contributed by atoms with Crippen molar-refractivity contribution in [2.45, 2.75) is 26.9 Å². The van der Waals surface area contributed by atoms with Crippen LogP contribution in [0.1, 0.15) is 25.2 Å². The Balaban J connectivity index is 2.55. The van der Waals surface area contributed by atoms with Crippen molar-refractivity contribution < 1.29 is 22.6 Å². The van der Waals surface area contributed by atoms with Gasteiger partial charge in [-0.2, -0.15) is 13.2 Å². The van der Waals surface area contributed by atoms with Crippen LogP contribution in [0.25, 0.3) is 16.9 Å². The molecule has 124 valence electrons. The zero-order chi connectivity index (χ0) is 17.2. The quantitative estimate of drug-likeness (QED) is 0.764. The molecule has 0 unspecified atom stereocenters. The van der Waals surface area contributed by atoms with E-state index in [-0.39, 0.29) is 11.5 Å². The maximum atomic E-state index is 12.8.